The van der Waals surface area contributed by atoms with E-state index in [4.69, 9.17) is 14.2 Å². The normalized spacial score (nSPS) is 19.8. The molecule has 0 amide bonds. The summed E-state index contributed by atoms with van der Waals surface area (Å²) in [5.74, 6) is 1.14. The van der Waals surface area contributed by atoms with E-state index in [0.717, 1.165) is 12.1 Å². The van der Waals surface area contributed by atoms with E-state index in [1.165, 1.54) is 21.0 Å². The van der Waals surface area contributed by atoms with Crippen LogP contribution in [-0.4, -0.2) is 33.9 Å². The Balaban J connectivity index is 2.48. The second-order valence-electron chi connectivity index (χ2n) is 5.33. The van der Waals surface area contributed by atoms with E-state index < -0.39 is 5.67 Å². The highest BCUT2D eigenvalue weighted by atomic mass is 19.1. The molecule has 1 atom stereocenters. The highest BCUT2D eigenvalue weighted by molar-refractivity contribution is 5.50. The number of morpholine rings is 1. The summed E-state index contributed by atoms with van der Waals surface area (Å²) in [6.45, 7) is 5.18. The van der Waals surface area contributed by atoms with Crippen LogP contribution < -0.4 is 14.8 Å². The number of benzene rings is 1. The highest BCUT2D eigenvalue weighted by Gasteiger charge is 2.28. The number of halogens is 1. The molecule has 1 aromatic rings. The van der Waals surface area contributed by atoms with E-state index in [9.17, 15) is 4.39 Å². The predicted molar refractivity (Wildman–Crippen MR) is 75.2 cm³/mol. The quantitative estimate of drug-likeness (QED) is 0.922. The third-order valence-electron chi connectivity index (χ3n) is 3.47. The van der Waals surface area contributed by atoms with E-state index in [1.807, 2.05) is 0 Å². The maximum atomic E-state index is 14.4. The number of hydrogen-bond donors (Lipinski definition) is 1. The molecule has 1 heterocycles. The van der Waals surface area contributed by atoms with Gasteiger partial charge in [-0.15, -0.1) is 0 Å². The van der Waals surface area contributed by atoms with Crippen LogP contribution in [0.5, 0.6) is 11.5 Å². The van der Waals surface area contributed by atoms with Gasteiger partial charge in [0.05, 0.1) is 26.9 Å². The lowest BCUT2D eigenvalue weighted by Gasteiger charge is -2.28. The molecule has 1 aliphatic rings. The maximum Gasteiger partial charge on any atom is 0.134 e. The topological polar surface area (TPSA) is 39.7 Å². The molecule has 112 valence electrons. The molecule has 4 nitrogen and oxygen atoms in total. The standard InChI is InChI=1S/C15H22FNO3/c1-15(2,16)11-7-10(14-9-17-5-6-20-14)12(18-3)8-13(11)19-4/h7-8,14,17H,5-6,9H2,1-4H3. The van der Waals surface area contributed by atoms with Crippen LogP contribution in [0.3, 0.4) is 0 Å². The van der Waals surface area contributed by atoms with E-state index in [1.54, 1.807) is 19.2 Å². The SMILES string of the molecule is COc1cc(OC)c(C(C)(C)F)cc1C1CNCCO1. The van der Waals surface area contributed by atoms with Crippen molar-refractivity contribution in [2.45, 2.75) is 25.6 Å². The molecular weight excluding hydrogens is 261 g/mol. The molecule has 5 heteroatoms. The average Bonchev–Trinajstić information content (AvgIpc) is 2.45. The van der Waals surface area contributed by atoms with Gasteiger partial charge in [-0.25, -0.2) is 4.39 Å². The zero-order valence-electron chi connectivity index (χ0n) is 12.5. The molecule has 0 spiro atoms. The van der Waals surface area contributed by atoms with Gasteiger partial charge in [0.25, 0.3) is 0 Å². The van der Waals surface area contributed by atoms with Crippen molar-refractivity contribution in [1.29, 1.82) is 0 Å². The summed E-state index contributed by atoms with van der Waals surface area (Å²) in [5, 5.41) is 3.27. The number of hydrogen-bond acceptors (Lipinski definition) is 4. The molecule has 0 saturated carbocycles. The third-order valence-corrected chi connectivity index (χ3v) is 3.47. The lowest BCUT2D eigenvalue weighted by molar-refractivity contribution is 0.0260. The largest absolute Gasteiger partial charge is 0.496 e. The molecule has 20 heavy (non-hydrogen) atoms. The van der Waals surface area contributed by atoms with E-state index in [0.29, 0.717) is 30.2 Å². The number of ether oxygens (including phenoxy) is 3. The number of rotatable bonds is 4. The lowest BCUT2D eigenvalue weighted by atomic mass is 9.94. The Morgan fingerprint density at radius 2 is 1.95 bits per heavy atom. The Bertz CT molecular complexity index is 465. The molecular formula is C15H22FNO3. The van der Waals surface area contributed by atoms with Gasteiger partial charge in [0.15, 0.2) is 0 Å². The Morgan fingerprint density at radius 3 is 2.45 bits per heavy atom. The van der Waals surface area contributed by atoms with Gasteiger partial charge >= 0.3 is 0 Å². The van der Waals surface area contributed by atoms with Gasteiger partial charge in [-0.1, -0.05) is 0 Å². The Kier molecular flexibility index (Phi) is 4.50. The van der Waals surface area contributed by atoms with Crippen molar-refractivity contribution in [3.63, 3.8) is 0 Å². The summed E-state index contributed by atoms with van der Waals surface area (Å²) in [4.78, 5) is 0. The molecule has 0 aliphatic carbocycles. The van der Waals surface area contributed by atoms with Crippen LogP contribution in [0.2, 0.25) is 0 Å². The predicted octanol–water partition coefficient (Wildman–Crippen LogP) is 2.57. The zero-order chi connectivity index (χ0) is 14.8. The van der Waals surface area contributed by atoms with Crippen LogP contribution in [0.15, 0.2) is 12.1 Å². The van der Waals surface area contributed by atoms with Crippen molar-refractivity contribution in [1.82, 2.24) is 5.32 Å². The Hall–Kier alpha value is -1.33. The van der Waals surface area contributed by atoms with Gasteiger partial charge in [-0.05, 0) is 19.9 Å². The third kappa shape index (κ3) is 3.04. The summed E-state index contributed by atoms with van der Waals surface area (Å²) in [7, 11) is 3.12. The van der Waals surface area contributed by atoms with Crippen LogP contribution in [0.1, 0.15) is 31.1 Å². The van der Waals surface area contributed by atoms with Crippen LogP contribution >= 0.6 is 0 Å². The molecule has 1 unspecified atom stereocenters. The summed E-state index contributed by atoms with van der Waals surface area (Å²) in [6.07, 6.45) is -0.134. The molecule has 1 N–H and O–H groups in total. The first-order chi connectivity index (χ1) is 9.47. The Labute approximate surface area is 119 Å². The smallest absolute Gasteiger partial charge is 0.134 e. The number of methoxy groups -OCH3 is 2. The van der Waals surface area contributed by atoms with Gasteiger partial charge in [0.1, 0.15) is 17.2 Å². The molecule has 0 aromatic heterocycles. The minimum atomic E-state index is -1.49. The first kappa shape index (κ1) is 15.1. The molecule has 0 radical (unpaired) electrons. The number of nitrogens with one attached hydrogen (secondary N) is 1. The average molecular weight is 283 g/mol. The molecule has 1 aromatic carbocycles. The van der Waals surface area contributed by atoms with Gasteiger partial charge in [0.2, 0.25) is 0 Å². The van der Waals surface area contributed by atoms with Crippen molar-refractivity contribution < 1.29 is 18.6 Å². The monoisotopic (exact) mass is 283 g/mol. The van der Waals surface area contributed by atoms with Crippen molar-refractivity contribution in [2.75, 3.05) is 33.9 Å². The van der Waals surface area contributed by atoms with Crippen molar-refractivity contribution >= 4 is 0 Å². The Morgan fingerprint density at radius 1 is 1.25 bits per heavy atom. The maximum absolute atomic E-state index is 14.4. The van der Waals surface area contributed by atoms with Crippen LogP contribution in [0.4, 0.5) is 4.39 Å². The summed E-state index contributed by atoms with van der Waals surface area (Å²) in [5.41, 5.74) is -0.139. The minimum absolute atomic E-state index is 0.134. The van der Waals surface area contributed by atoms with Crippen LogP contribution in [-0.2, 0) is 10.4 Å². The second kappa shape index (κ2) is 5.97. The van der Waals surface area contributed by atoms with Crippen LogP contribution in [0.25, 0.3) is 0 Å². The van der Waals surface area contributed by atoms with Gasteiger partial charge in [-0.2, -0.15) is 0 Å². The lowest BCUT2D eigenvalue weighted by Crippen LogP contribution is -2.33. The van der Waals surface area contributed by atoms with E-state index in [2.05, 4.69) is 5.32 Å². The number of alkyl halides is 1. The van der Waals surface area contributed by atoms with Gasteiger partial charge in [0, 0.05) is 30.3 Å². The van der Waals surface area contributed by atoms with Crippen molar-refractivity contribution in [2.24, 2.45) is 0 Å². The molecule has 1 aliphatic heterocycles. The van der Waals surface area contributed by atoms with Gasteiger partial charge < -0.3 is 19.5 Å². The van der Waals surface area contributed by atoms with E-state index >= 15 is 0 Å². The fourth-order valence-corrected chi connectivity index (χ4v) is 2.40. The first-order valence-electron chi connectivity index (χ1n) is 6.75. The van der Waals surface area contributed by atoms with Crippen molar-refractivity contribution in [3.05, 3.63) is 23.3 Å². The second-order valence-corrected chi connectivity index (χ2v) is 5.33. The molecule has 1 fully saturated rings. The fourth-order valence-electron chi connectivity index (χ4n) is 2.40. The first-order valence-corrected chi connectivity index (χ1v) is 6.75. The van der Waals surface area contributed by atoms with Crippen molar-refractivity contribution in [3.8, 4) is 11.5 Å². The molecule has 1 saturated heterocycles. The minimum Gasteiger partial charge on any atom is -0.496 e. The molecule has 0 bridgehead atoms. The summed E-state index contributed by atoms with van der Waals surface area (Å²) < 4.78 is 30.8. The van der Waals surface area contributed by atoms with E-state index in [-0.39, 0.29) is 6.10 Å². The highest BCUT2D eigenvalue weighted by Crippen LogP contribution is 2.40. The molecule has 2 rings (SSSR count). The fraction of sp³-hybridized carbons (Fsp3) is 0.600. The summed E-state index contributed by atoms with van der Waals surface area (Å²) >= 11 is 0. The van der Waals surface area contributed by atoms with Crippen LogP contribution in [0, 0.1) is 0 Å². The van der Waals surface area contributed by atoms with Gasteiger partial charge in [-0.3, -0.25) is 0 Å². The summed E-state index contributed by atoms with van der Waals surface area (Å²) in [6, 6.07) is 3.51. The zero-order valence-corrected chi connectivity index (χ0v) is 12.5.